The summed E-state index contributed by atoms with van der Waals surface area (Å²) in [5.41, 5.74) is 0.362. The number of rotatable bonds is 1. The van der Waals surface area contributed by atoms with Crippen LogP contribution in [0, 0.1) is 0 Å². The van der Waals surface area contributed by atoms with Gasteiger partial charge in [-0.25, -0.2) is 14.8 Å². The highest BCUT2D eigenvalue weighted by Gasteiger charge is 2.16. The molecule has 0 saturated carbocycles. The number of methoxy groups -OCH3 is 1. The lowest BCUT2D eigenvalue weighted by atomic mass is 10.4. The van der Waals surface area contributed by atoms with Gasteiger partial charge in [0.15, 0.2) is 11.3 Å². The van der Waals surface area contributed by atoms with E-state index in [1.54, 1.807) is 0 Å². The van der Waals surface area contributed by atoms with Crippen molar-refractivity contribution >= 4 is 34.8 Å². The van der Waals surface area contributed by atoms with Crippen molar-refractivity contribution in [3.05, 3.63) is 28.4 Å². The predicted molar refractivity (Wildman–Crippen MR) is 54.3 cm³/mol. The monoisotopic (exact) mass is 245 g/mol. The molecule has 2 aromatic heterocycles. The molecule has 0 bridgehead atoms. The van der Waals surface area contributed by atoms with Crippen molar-refractivity contribution < 1.29 is 9.53 Å². The van der Waals surface area contributed by atoms with Crippen molar-refractivity contribution in [2.75, 3.05) is 7.11 Å². The fraction of sp³-hybridized carbons (Fsp3) is 0.125. The van der Waals surface area contributed by atoms with Gasteiger partial charge < -0.3 is 4.74 Å². The van der Waals surface area contributed by atoms with Crippen LogP contribution in [0.25, 0.3) is 5.65 Å². The van der Waals surface area contributed by atoms with E-state index in [2.05, 4.69) is 14.7 Å². The molecule has 2 rings (SSSR count). The van der Waals surface area contributed by atoms with Gasteiger partial charge in [-0.1, -0.05) is 23.2 Å². The highest BCUT2D eigenvalue weighted by molar-refractivity contribution is 6.33. The summed E-state index contributed by atoms with van der Waals surface area (Å²) in [5, 5.41) is 0.519. The van der Waals surface area contributed by atoms with E-state index in [1.807, 2.05) is 0 Å². The SMILES string of the molecule is COC(=O)c1ncn2c(Cl)cc(Cl)nc12. The quantitative estimate of drug-likeness (QED) is 0.568. The Kier molecular flexibility index (Phi) is 2.50. The smallest absolute Gasteiger partial charge is 0.360 e. The lowest BCUT2D eigenvalue weighted by Crippen LogP contribution is -2.03. The molecule has 2 aromatic rings. The van der Waals surface area contributed by atoms with Gasteiger partial charge in [0.1, 0.15) is 16.6 Å². The lowest BCUT2D eigenvalue weighted by molar-refractivity contribution is 0.0596. The summed E-state index contributed by atoms with van der Waals surface area (Å²) in [6.45, 7) is 0. The van der Waals surface area contributed by atoms with Crippen molar-refractivity contribution in [3.63, 3.8) is 0 Å². The van der Waals surface area contributed by atoms with Crippen LogP contribution >= 0.6 is 23.2 Å². The standard InChI is InChI=1S/C8H5Cl2N3O2/c1-15-8(14)6-7-12-4(9)2-5(10)13(7)3-11-6/h2-3H,1H3. The number of nitrogens with zero attached hydrogens (tertiary/aromatic N) is 3. The summed E-state index contributed by atoms with van der Waals surface area (Å²) < 4.78 is 5.99. The van der Waals surface area contributed by atoms with E-state index >= 15 is 0 Å². The molecule has 0 radical (unpaired) electrons. The van der Waals surface area contributed by atoms with Crippen LogP contribution in [-0.4, -0.2) is 27.4 Å². The van der Waals surface area contributed by atoms with E-state index in [-0.39, 0.29) is 16.5 Å². The van der Waals surface area contributed by atoms with Crippen LogP contribution in [0.2, 0.25) is 10.3 Å². The molecule has 0 aromatic carbocycles. The molecule has 78 valence electrons. The molecule has 0 aliphatic rings. The molecule has 0 aliphatic heterocycles. The fourth-order valence-electron chi connectivity index (χ4n) is 1.15. The Labute approximate surface area is 94.6 Å². The first-order valence-electron chi connectivity index (χ1n) is 3.91. The molecule has 7 heteroatoms. The number of imidazole rings is 1. The van der Waals surface area contributed by atoms with Gasteiger partial charge in [-0.3, -0.25) is 4.40 Å². The number of ether oxygens (including phenoxy) is 1. The molecule has 0 N–H and O–H groups in total. The topological polar surface area (TPSA) is 56.5 Å². The van der Waals surface area contributed by atoms with Gasteiger partial charge in [0.25, 0.3) is 0 Å². The third kappa shape index (κ3) is 1.64. The Morgan fingerprint density at radius 2 is 2.27 bits per heavy atom. The first-order valence-corrected chi connectivity index (χ1v) is 4.66. The maximum atomic E-state index is 11.3. The van der Waals surface area contributed by atoms with Gasteiger partial charge in [-0.2, -0.15) is 0 Å². The highest BCUT2D eigenvalue weighted by Crippen LogP contribution is 2.19. The Hall–Kier alpha value is -1.33. The van der Waals surface area contributed by atoms with Crippen LogP contribution < -0.4 is 0 Å². The second kappa shape index (κ2) is 3.67. The Balaban J connectivity index is 2.74. The minimum atomic E-state index is -0.580. The molecule has 0 fully saturated rings. The number of carbonyl (C=O) groups is 1. The van der Waals surface area contributed by atoms with Crippen LogP contribution in [-0.2, 0) is 4.74 Å². The maximum Gasteiger partial charge on any atom is 0.360 e. The molecular weight excluding hydrogens is 241 g/mol. The van der Waals surface area contributed by atoms with E-state index in [1.165, 1.54) is 23.9 Å². The fourth-order valence-corrected chi connectivity index (χ4v) is 1.61. The normalized spacial score (nSPS) is 10.6. The van der Waals surface area contributed by atoms with Crippen molar-refractivity contribution in [3.8, 4) is 0 Å². The zero-order chi connectivity index (χ0) is 11.0. The van der Waals surface area contributed by atoms with Crippen LogP contribution in [0.1, 0.15) is 10.5 Å². The van der Waals surface area contributed by atoms with Gasteiger partial charge in [-0.15, -0.1) is 0 Å². The minimum absolute atomic E-state index is 0.0851. The number of esters is 1. The van der Waals surface area contributed by atoms with Crippen LogP contribution in [0.15, 0.2) is 12.4 Å². The summed E-state index contributed by atoms with van der Waals surface area (Å²) in [6, 6.07) is 1.46. The van der Waals surface area contributed by atoms with Gasteiger partial charge in [0.2, 0.25) is 0 Å². The molecule has 0 saturated heterocycles. The summed E-state index contributed by atoms with van der Waals surface area (Å²) in [4.78, 5) is 19.1. The van der Waals surface area contributed by atoms with E-state index in [9.17, 15) is 4.79 Å². The van der Waals surface area contributed by atoms with Crippen molar-refractivity contribution in [2.45, 2.75) is 0 Å². The molecule has 0 unspecified atom stereocenters. The van der Waals surface area contributed by atoms with E-state index in [0.717, 1.165) is 0 Å². The molecular formula is C8H5Cl2N3O2. The molecule has 2 heterocycles. The molecule has 0 amide bonds. The molecule has 0 aliphatic carbocycles. The number of carbonyl (C=O) groups excluding carboxylic acids is 1. The molecule has 0 atom stereocenters. The number of fused-ring (bicyclic) bond motifs is 1. The lowest BCUT2D eigenvalue weighted by Gasteiger charge is -1.99. The zero-order valence-corrected chi connectivity index (χ0v) is 9.08. The second-order valence-electron chi connectivity index (χ2n) is 2.68. The Morgan fingerprint density at radius 1 is 1.53 bits per heavy atom. The number of hydrogen-bond acceptors (Lipinski definition) is 4. The van der Waals surface area contributed by atoms with Gasteiger partial charge in [0, 0.05) is 6.07 Å². The Morgan fingerprint density at radius 3 is 2.93 bits per heavy atom. The third-order valence-electron chi connectivity index (χ3n) is 1.80. The van der Waals surface area contributed by atoms with E-state index < -0.39 is 5.97 Å². The minimum Gasteiger partial charge on any atom is -0.464 e. The Bertz CT molecular complexity index is 538. The van der Waals surface area contributed by atoms with Crippen molar-refractivity contribution in [1.29, 1.82) is 0 Å². The van der Waals surface area contributed by atoms with Crippen LogP contribution in [0.5, 0.6) is 0 Å². The van der Waals surface area contributed by atoms with Crippen molar-refractivity contribution in [2.24, 2.45) is 0 Å². The van der Waals surface area contributed by atoms with E-state index in [4.69, 9.17) is 23.2 Å². The third-order valence-corrected chi connectivity index (χ3v) is 2.29. The largest absolute Gasteiger partial charge is 0.464 e. The molecule has 15 heavy (non-hydrogen) atoms. The average Bonchev–Trinajstić information content (AvgIpc) is 2.60. The van der Waals surface area contributed by atoms with Crippen LogP contribution in [0.4, 0.5) is 0 Å². The summed E-state index contributed by atoms with van der Waals surface area (Å²) >= 11 is 11.6. The second-order valence-corrected chi connectivity index (χ2v) is 3.45. The zero-order valence-electron chi connectivity index (χ0n) is 7.57. The number of hydrogen-bond donors (Lipinski definition) is 0. The predicted octanol–water partition coefficient (Wildman–Crippen LogP) is 1.82. The van der Waals surface area contributed by atoms with E-state index in [0.29, 0.717) is 5.15 Å². The summed E-state index contributed by atoms with van der Waals surface area (Å²) in [7, 11) is 1.26. The van der Waals surface area contributed by atoms with Crippen molar-refractivity contribution in [1.82, 2.24) is 14.4 Å². The highest BCUT2D eigenvalue weighted by atomic mass is 35.5. The maximum absolute atomic E-state index is 11.3. The summed E-state index contributed by atoms with van der Waals surface area (Å²) in [5.74, 6) is -0.580. The molecule has 0 spiro atoms. The average molecular weight is 246 g/mol. The van der Waals surface area contributed by atoms with Gasteiger partial charge in [0.05, 0.1) is 7.11 Å². The number of aromatic nitrogens is 3. The van der Waals surface area contributed by atoms with Crippen LogP contribution in [0.3, 0.4) is 0 Å². The summed E-state index contributed by atoms with van der Waals surface area (Å²) in [6.07, 6.45) is 1.38. The molecule has 5 nitrogen and oxygen atoms in total. The number of halogens is 2. The van der Waals surface area contributed by atoms with Gasteiger partial charge in [-0.05, 0) is 0 Å². The first-order chi connectivity index (χ1) is 7.13. The first kappa shape index (κ1) is 10.2. The van der Waals surface area contributed by atoms with Gasteiger partial charge >= 0.3 is 5.97 Å².